The molecular weight excluding hydrogens is 846 g/mol. The molecule has 3 N–H and O–H groups in total. The Bertz CT molecular complexity index is 2720. The maximum absolute atomic E-state index is 16.1. The highest BCUT2D eigenvalue weighted by Crippen LogP contribution is 2.46. The van der Waals surface area contributed by atoms with E-state index in [4.69, 9.17) is 16.3 Å². The SMILES string of the molecule is Cn1nc(C2CCC(=O)NC2=O)c2ccc(N3CCN(C[C@H]4CCN(c5ncc(Cl)c(Nc6ccc7c(c6)c6c(c(=O)n7C)OCC(F)(F)[C@H](C7CC7)N6)n5)C[C@H]4F)CC3)c(F)c21. The Labute approximate surface area is 363 Å². The third kappa shape index (κ3) is 7.55. The summed E-state index contributed by atoms with van der Waals surface area (Å²) in [7, 11) is 3.21. The van der Waals surface area contributed by atoms with Gasteiger partial charge in [0, 0.05) is 82.2 Å². The third-order valence-corrected chi connectivity index (χ3v) is 13.6. The molecule has 4 fully saturated rings. The van der Waals surface area contributed by atoms with E-state index >= 15 is 17.6 Å². The van der Waals surface area contributed by atoms with Crippen LogP contribution in [0.25, 0.3) is 21.8 Å². The number of anilines is 5. The van der Waals surface area contributed by atoms with E-state index in [9.17, 15) is 14.4 Å². The number of nitrogens with one attached hydrogen (secondary N) is 3. The lowest BCUT2D eigenvalue weighted by Gasteiger charge is -2.40. The van der Waals surface area contributed by atoms with Crippen LogP contribution in [0, 0.1) is 17.7 Å². The van der Waals surface area contributed by atoms with E-state index in [0.29, 0.717) is 110 Å². The van der Waals surface area contributed by atoms with Gasteiger partial charge in [0.05, 0.1) is 47.3 Å². The summed E-state index contributed by atoms with van der Waals surface area (Å²) in [5.74, 6) is -5.00. The van der Waals surface area contributed by atoms with Crippen LogP contribution < -0.4 is 36.0 Å². The molecule has 7 heterocycles. The van der Waals surface area contributed by atoms with Gasteiger partial charge in [-0.2, -0.15) is 10.1 Å². The summed E-state index contributed by atoms with van der Waals surface area (Å²) < 4.78 is 70.7. The lowest BCUT2D eigenvalue weighted by molar-refractivity contribution is -0.134. The number of rotatable bonds is 8. The van der Waals surface area contributed by atoms with Crippen molar-refractivity contribution in [1.29, 1.82) is 0 Å². The molecule has 10 rings (SSSR count). The van der Waals surface area contributed by atoms with Crippen molar-refractivity contribution < 1.29 is 31.9 Å². The highest BCUT2D eigenvalue weighted by Gasteiger charge is 2.51. The standard InChI is InChI=1S/C43H46ClF4N11O4/c1-55-30-8-5-24(17-27(30)35-37(41(55)62)63-21-43(47,48)38(52-35)22-3-4-22)50-39-28(44)18-49-42(53-39)59-12-11-23(29(45)20-59)19-57-13-15-58(16-14-57)31-9-6-25-34(54-56(2)36(25)33(31)46)26-7-10-32(60)51-40(26)61/h5-6,8-9,17-18,22-23,26,29,38,52H,3-4,7,10-16,19-21H2,1-2H3,(H,49,50,53)(H,51,60,61)/t23-,26?,29-,38+/m1/s1. The Hall–Kier alpha value is -5.69. The number of alkyl halides is 3. The summed E-state index contributed by atoms with van der Waals surface area (Å²) in [5.41, 5.74) is 1.95. The predicted molar refractivity (Wildman–Crippen MR) is 230 cm³/mol. The number of aromatic nitrogens is 5. The van der Waals surface area contributed by atoms with E-state index in [-0.39, 0.29) is 53.0 Å². The quantitative estimate of drug-likeness (QED) is 0.134. The second-order valence-corrected chi connectivity index (χ2v) is 17.8. The zero-order chi connectivity index (χ0) is 43.9. The van der Waals surface area contributed by atoms with E-state index in [1.165, 1.54) is 15.4 Å². The number of aryl methyl sites for hydroxylation is 2. The first kappa shape index (κ1) is 41.3. The lowest BCUT2D eigenvalue weighted by Crippen LogP contribution is -2.51. The zero-order valence-corrected chi connectivity index (χ0v) is 35.4. The highest BCUT2D eigenvalue weighted by molar-refractivity contribution is 6.33. The summed E-state index contributed by atoms with van der Waals surface area (Å²) >= 11 is 6.57. The van der Waals surface area contributed by atoms with Crippen LogP contribution in [-0.4, -0.2) is 112 Å². The number of carbonyl (C=O) groups excluding carboxylic acids is 2. The number of hydrogen-bond donors (Lipinski definition) is 3. The van der Waals surface area contributed by atoms with Gasteiger partial charge < -0.3 is 29.7 Å². The van der Waals surface area contributed by atoms with Crippen LogP contribution in [0.5, 0.6) is 5.75 Å². The van der Waals surface area contributed by atoms with Crippen molar-refractivity contribution in [2.45, 2.75) is 56.2 Å². The van der Waals surface area contributed by atoms with Gasteiger partial charge in [-0.3, -0.25) is 29.3 Å². The number of piperazine rings is 1. The maximum atomic E-state index is 16.1. The minimum Gasteiger partial charge on any atom is -0.480 e. The molecule has 15 nitrogen and oxygen atoms in total. The number of amides is 2. The monoisotopic (exact) mass is 891 g/mol. The molecule has 3 saturated heterocycles. The molecule has 20 heteroatoms. The number of pyridine rings is 1. The highest BCUT2D eigenvalue weighted by atomic mass is 35.5. The molecule has 1 aliphatic carbocycles. The van der Waals surface area contributed by atoms with Gasteiger partial charge in [0.1, 0.15) is 16.7 Å². The second kappa shape index (κ2) is 15.8. The Morgan fingerprint density at radius 1 is 0.984 bits per heavy atom. The van der Waals surface area contributed by atoms with Crippen LogP contribution in [0.2, 0.25) is 5.02 Å². The molecular formula is C43H46ClF4N11O4. The first-order valence-electron chi connectivity index (χ1n) is 21.3. The van der Waals surface area contributed by atoms with E-state index in [2.05, 4.69) is 35.9 Å². The average molecular weight is 892 g/mol. The smallest absolute Gasteiger partial charge is 0.301 e. The van der Waals surface area contributed by atoms with Gasteiger partial charge in [-0.1, -0.05) is 11.6 Å². The predicted octanol–water partition coefficient (Wildman–Crippen LogP) is 5.48. The van der Waals surface area contributed by atoms with E-state index in [0.717, 1.165) is 0 Å². The van der Waals surface area contributed by atoms with Crippen molar-refractivity contribution in [1.82, 2.24) is 34.5 Å². The minimum atomic E-state index is -3.17. The fourth-order valence-electron chi connectivity index (χ4n) is 9.66. The van der Waals surface area contributed by atoms with Gasteiger partial charge in [0.2, 0.25) is 23.5 Å². The third-order valence-electron chi connectivity index (χ3n) is 13.3. The number of imide groups is 1. The second-order valence-electron chi connectivity index (χ2n) is 17.4. The van der Waals surface area contributed by atoms with Gasteiger partial charge >= 0.3 is 5.92 Å². The molecule has 2 aromatic carbocycles. The summed E-state index contributed by atoms with van der Waals surface area (Å²) in [5, 5.41) is 14.3. The normalized spacial score (nSPS) is 24.2. The first-order chi connectivity index (χ1) is 30.2. The van der Waals surface area contributed by atoms with Gasteiger partial charge in [-0.15, -0.1) is 0 Å². The van der Waals surface area contributed by atoms with Crippen molar-refractivity contribution in [2.24, 2.45) is 25.9 Å². The lowest BCUT2D eigenvalue weighted by atomic mass is 9.92. The molecule has 0 spiro atoms. The molecule has 1 saturated carbocycles. The Morgan fingerprint density at radius 2 is 1.78 bits per heavy atom. The zero-order valence-electron chi connectivity index (χ0n) is 34.6. The molecule has 4 atom stereocenters. The molecule has 3 aromatic heterocycles. The average Bonchev–Trinajstić information content (AvgIpc) is 4.06. The molecule has 63 heavy (non-hydrogen) atoms. The van der Waals surface area contributed by atoms with Crippen molar-refractivity contribution in [3.8, 4) is 5.75 Å². The van der Waals surface area contributed by atoms with Gasteiger partial charge in [0.15, 0.2) is 18.2 Å². The molecule has 0 bridgehead atoms. The Morgan fingerprint density at radius 3 is 2.52 bits per heavy atom. The number of benzene rings is 2. The van der Waals surface area contributed by atoms with Crippen molar-refractivity contribution in [2.75, 3.05) is 72.9 Å². The summed E-state index contributed by atoms with van der Waals surface area (Å²) in [4.78, 5) is 52.6. The largest absolute Gasteiger partial charge is 0.480 e. The fraction of sp³-hybridized carbons (Fsp3) is 0.488. The van der Waals surface area contributed by atoms with Crippen molar-refractivity contribution in [3.63, 3.8) is 0 Å². The molecule has 2 amide bonds. The number of hydrogen-bond acceptors (Lipinski definition) is 12. The molecule has 1 unspecified atom stereocenters. The molecule has 332 valence electrons. The Kier molecular flexibility index (Phi) is 10.4. The molecule has 4 aliphatic heterocycles. The summed E-state index contributed by atoms with van der Waals surface area (Å²) in [6, 6.07) is 7.52. The Balaban J connectivity index is 0.784. The first-order valence-corrected chi connectivity index (χ1v) is 21.7. The number of ether oxygens (including phenoxy) is 1. The van der Waals surface area contributed by atoms with Gasteiger partial charge in [-0.25, -0.2) is 22.5 Å². The van der Waals surface area contributed by atoms with Crippen LogP contribution in [0.15, 0.2) is 41.3 Å². The van der Waals surface area contributed by atoms with Crippen LogP contribution in [-0.2, 0) is 23.7 Å². The van der Waals surface area contributed by atoms with E-state index in [1.807, 2.05) is 4.90 Å². The van der Waals surface area contributed by atoms with Crippen LogP contribution in [0.1, 0.15) is 43.7 Å². The van der Waals surface area contributed by atoms with Crippen molar-refractivity contribution in [3.05, 3.63) is 63.4 Å². The fourth-order valence-corrected chi connectivity index (χ4v) is 9.80. The topological polar surface area (TPSA) is 155 Å². The van der Waals surface area contributed by atoms with Gasteiger partial charge in [0.25, 0.3) is 5.56 Å². The van der Waals surface area contributed by atoms with Crippen LogP contribution in [0.4, 0.5) is 46.4 Å². The summed E-state index contributed by atoms with van der Waals surface area (Å²) in [6.45, 7) is 2.58. The van der Waals surface area contributed by atoms with Gasteiger partial charge in [-0.05, 0) is 61.9 Å². The summed E-state index contributed by atoms with van der Waals surface area (Å²) in [6.07, 6.45) is 2.70. The number of fused-ring (bicyclic) bond motifs is 4. The van der Waals surface area contributed by atoms with Crippen molar-refractivity contribution >= 4 is 74.0 Å². The number of nitrogens with zero attached hydrogens (tertiary/aromatic N) is 8. The minimum absolute atomic E-state index is 0.0804. The van der Waals surface area contributed by atoms with Crippen LogP contribution >= 0.6 is 11.6 Å². The molecule has 5 aromatic rings. The van der Waals surface area contributed by atoms with E-state index < -0.39 is 47.9 Å². The van der Waals surface area contributed by atoms with Crippen LogP contribution in [0.3, 0.4) is 0 Å². The number of halogens is 5. The maximum Gasteiger partial charge on any atom is 0.301 e. The number of carbonyl (C=O) groups is 2. The molecule has 5 aliphatic rings. The molecule has 0 radical (unpaired) electrons. The number of piperidine rings is 2. The van der Waals surface area contributed by atoms with E-state index in [1.54, 1.807) is 49.3 Å².